The summed E-state index contributed by atoms with van der Waals surface area (Å²) in [6.07, 6.45) is 0. The molecule has 1 atom stereocenters. The van der Waals surface area contributed by atoms with Gasteiger partial charge in [-0.2, -0.15) is 0 Å². The molecule has 2 N–H and O–H groups in total. The number of hydrogen-bond donors (Lipinski definition) is 2. The SMILES string of the molecule is CCOC(=O)C1(C)CSC(c2cccc(O)c2O)=N1. The number of para-hydroxylation sites is 1. The van der Waals surface area contributed by atoms with E-state index in [2.05, 4.69) is 4.99 Å². The number of benzene rings is 1. The van der Waals surface area contributed by atoms with Crippen LogP contribution < -0.4 is 0 Å². The van der Waals surface area contributed by atoms with Crippen molar-refractivity contribution in [3.05, 3.63) is 23.8 Å². The molecule has 0 bridgehead atoms. The Morgan fingerprint density at radius 3 is 2.95 bits per heavy atom. The summed E-state index contributed by atoms with van der Waals surface area (Å²) in [7, 11) is 0. The minimum absolute atomic E-state index is 0.203. The maximum Gasteiger partial charge on any atom is 0.334 e. The van der Waals surface area contributed by atoms with Gasteiger partial charge in [0.2, 0.25) is 0 Å². The number of ether oxygens (including phenoxy) is 1. The number of rotatable bonds is 3. The summed E-state index contributed by atoms with van der Waals surface area (Å²) in [4.78, 5) is 16.2. The molecule has 0 aliphatic carbocycles. The van der Waals surface area contributed by atoms with Crippen molar-refractivity contribution in [3.63, 3.8) is 0 Å². The van der Waals surface area contributed by atoms with Crippen molar-refractivity contribution in [1.29, 1.82) is 0 Å². The highest BCUT2D eigenvalue weighted by atomic mass is 32.2. The molecule has 0 radical (unpaired) electrons. The van der Waals surface area contributed by atoms with E-state index in [0.717, 1.165) is 0 Å². The molecule has 0 saturated heterocycles. The standard InChI is InChI=1S/C13H15NO4S/c1-3-18-12(17)13(2)7-19-11(14-13)8-5-4-6-9(15)10(8)16/h4-6,15-16H,3,7H2,1-2H3. The molecule has 5 nitrogen and oxygen atoms in total. The minimum Gasteiger partial charge on any atom is -0.504 e. The van der Waals surface area contributed by atoms with Gasteiger partial charge in [-0.1, -0.05) is 6.07 Å². The Kier molecular flexibility index (Phi) is 3.71. The van der Waals surface area contributed by atoms with Crippen LogP contribution in [0.2, 0.25) is 0 Å². The average Bonchev–Trinajstić information content (AvgIpc) is 2.77. The highest BCUT2D eigenvalue weighted by Gasteiger charge is 2.40. The first-order chi connectivity index (χ1) is 8.98. The fraction of sp³-hybridized carbons (Fsp3) is 0.385. The van der Waals surface area contributed by atoms with Gasteiger partial charge in [0.1, 0.15) is 5.04 Å². The second-order valence-corrected chi connectivity index (χ2v) is 5.34. The summed E-state index contributed by atoms with van der Waals surface area (Å²) >= 11 is 1.36. The molecule has 102 valence electrons. The lowest BCUT2D eigenvalue weighted by molar-refractivity contribution is -0.147. The van der Waals surface area contributed by atoms with E-state index >= 15 is 0 Å². The Bertz CT molecular complexity index is 543. The number of phenolic OH excluding ortho intramolecular Hbond substituents is 2. The van der Waals surface area contributed by atoms with Crippen LogP contribution in [0.15, 0.2) is 23.2 Å². The van der Waals surface area contributed by atoms with Crippen molar-refractivity contribution in [2.24, 2.45) is 4.99 Å². The average molecular weight is 281 g/mol. The molecule has 0 fully saturated rings. The van der Waals surface area contributed by atoms with E-state index in [-0.39, 0.29) is 17.5 Å². The Morgan fingerprint density at radius 1 is 1.53 bits per heavy atom. The van der Waals surface area contributed by atoms with Crippen LogP contribution in [0.1, 0.15) is 19.4 Å². The van der Waals surface area contributed by atoms with Crippen molar-refractivity contribution in [2.75, 3.05) is 12.4 Å². The van der Waals surface area contributed by atoms with Gasteiger partial charge < -0.3 is 14.9 Å². The number of phenols is 2. The van der Waals surface area contributed by atoms with Crippen LogP contribution in [0, 0.1) is 0 Å². The van der Waals surface area contributed by atoms with Gasteiger partial charge in [0, 0.05) is 5.75 Å². The van der Waals surface area contributed by atoms with E-state index in [4.69, 9.17) is 4.74 Å². The first-order valence-electron chi connectivity index (χ1n) is 5.89. The summed E-state index contributed by atoms with van der Waals surface area (Å²) < 4.78 is 5.00. The third-order valence-corrected chi connectivity index (χ3v) is 4.09. The van der Waals surface area contributed by atoms with Crippen molar-refractivity contribution in [1.82, 2.24) is 0 Å². The monoisotopic (exact) mass is 281 g/mol. The van der Waals surface area contributed by atoms with Gasteiger partial charge in [-0.25, -0.2) is 4.79 Å². The maximum absolute atomic E-state index is 11.8. The number of carbonyl (C=O) groups excluding carboxylic acids is 1. The molecule has 1 aliphatic heterocycles. The molecule has 2 rings (SSSR count). The second kappa shape index (κ2) is 5.13. The van der Waals surface area contributed by atoms with Crippen LogP contribution in [0.3, 0.4) is 0 Å². The summed E-state index contributed by atoms with van der Waals surface area (Å²) in [5.41, 5.74) is -0.508. The normalized spacial score (nSPS) is 22.1. The van der Waals surface area contributed by atoms with Crippen LogP contribution in [0.25, 0.3) is 0 Å². The van der Waals surface area contributed by atoms with E-state index in [1.807, 2.05) is 0 Å². The molecule has 0 aromatic heterocycles. The van der Waals surface area contributed by atoms with Gasteiger partial charge in [0.25, 0.3) is 0 Å². The largest absolute Gasteiger partial charge is 0.504 e. The van der Waals surface area contributed by atoms with Crippen molar-refractivity contribution < 1.29 is 19.7 Å². The lowest BCUT2D eigenvalue weighted by Crippen LogP contribution is -2.35. The number of thioether (sulfide) groups is 1. The second-order valence-electron chi connectivity index (χ2n) is 4.37. The molecule has 1 aliphatic rings. The molecule has 19 heavy (non-hydrogen) atoms. The zero-order valence-corrected chi connectivity index (χ0v) is 11.5. The van der Waals surface area contributed by atoms with Crippen LogP contribution in [0.5, 0.6) is 11.5 Å². The van der Waals surface area contributed by atoms with Crippen LogP contribution in [-0.4, -0.2) is 39.1 Å². The number of nitrogens with zero attached hydrogens (tertiary/aromatic N) is 1. The Hall–Kier alpha value is -1.69. The van der Waals surface area contributed by atoms with Gasteiger partial charge in [-0.3, -0.25) is 4.99 Å². The smallest absolute Gasteiger partial charge is 0.334 e. The Labute approximate surface area is 115 Å². The molecular weight excluding hydrogens is 266 g/mol. The van der Waals surface area contributed by atoms with Gasteiger partial charge in [-0.15, -0.1) is 11.8 Å². The molecule has 1 aromatic rings. The fourth-order valence-corrected chi connectivity index (χ4v) is 2.92. The molecule has 0 spiro atoms. The zero-order chi connectivity index (χ0) is 14.0. The van der Waals surface area contributed by atoms with Gasteiger partial charge in [-0.05, 0) is 26.0 Å². The number of aromatic hydroxyl groups is 2. The van der Waals surface area contributed by atoms with Crippen LogP contribution in [-0.2, 0) is 9.53 Å². The molecule has 1 unspecified atom stereocenters. The Morgan fingerprint density at radius 2 is 2.26 bits per heavy atom. The first-order valence-corrected chi connectivity index (χ1v) is 6.87. The molecule has 6 heteroatoms. The Balaban J connectivity index is 2.33. The van der Waals surface area contributed by atoms with E-state index in [1.165, 1.54) is 17.8 Å². The number of esters is 1. The van der Waals surface area contributed by atoms with E-state index in [9.17, 15) is 15.0 Å². The van der Waals surface area contributed by atoms with Gasteiger partial charge in [0.05, 0.1) is 12.2 Å². The van der Waals surface area contributed by atoms with Crippen LogP contribution >= 0.6 is 11.8 Å². The number of hydrogen-bond acceptors (Lipinski definition) is 6. The molecule has 0 saturated carbocycles. The fourth-order valence-electron chi connectivity index (χ4n) is 1.73. The lowest BCUT2D eigenvalue weighted by atomic mass is 10.1. The van der Waals surface area contributed by atoms with E-state index < -0.39 is 5.54 Å². The summed E-state index contributed by atoms with van der Waals surface area (Å²) in [6, 6.07) is 4.66. The third-order valence-electron chi connectivity index (χ3n) is 2.80. The molecule has 1 heterocycles. The van der Waals surface area contributed by atoms with Gasteiger partial charge >= 0.3 is 5.97 Å². The number of carbonyl (C=O) groups is 1. The molecule has 0 amide bonds. The van der Waals surface area contributed by atoms with Gasteiger partial charge in [0.15, 0.2) is 17.0 Å². The first kappa shape index (κ1) is 13.7. The van der Waals surface area contributed by atoms with Crippen molar-refractivity contribution >= 4 is 22.8 Å². The molecule has 1 aromatic carbocycles. The zero-order valence-electron chi connectivity index (χ0n) is 10.7. The van der Waals surface area contributed by atoms with Crippen molar-refractivity contribution in [3.8, 4) is 11.5 Å². The lowest BCUT2D eigenvalue weighted by Gasteiger charge is -2.16. The minimum atomic E-state index is -0.937. The number of aliphatic imine (C=N–C) groups is 1. The predicted molar refractivity (Wildman–Crippen MR) is 73.8 cm³/mol. The summed E-state index contributed by atoms with van der Waals surface area (Å²) in [5, 5.41) is 19.8. The topological polar surface area (TPSA) is 79.1 Å². The predicted octanol–water partition coefficient (Wildman–Crippen LogP) is 1.91. The maximum atomic E-state index is 11.8. The quantitative estimate of drug-likeness (QED) is 0.653. The summed E-state index contributed by atoms with van der Waals surface area (Å²) in [6.45, 7) is 3.75. The van der Waals surface area contributed by atoms with Crippen molar-refractivity contribution in [2.45, 2.75) is 19.4 Å². The molecular formula is C13H15NO4S. The third kappa shape index (κ3) is 2.53. The van der Waals surface area contributed by atoms with Crippen LogP contribution in [0.4, 0.5) is 0 Å². The summed E-state index contributed by atoms with van der Waals surface area (Å²) in [5.74, 6) is -0.347. The van der Waals surface area contributed by atoms with E-state index in [1.54, 1.807) is 26.0 Å². The highest BCUT2D eigenvalue weighted by Crippen LogP contribution is 2.37. The van der Waals surface area contributed by atoms with E-state index in [0.29, 0.717) is 23.0 Å². The highest BCUT2D eigenvalue weighted by molar-refractivity contribution is 8.14.